The van der Waals surface area contributed by atoms with Crippen molar-refractivity contribution in [2.75, 3.05) is 74.4 Å². The van der Waals surface area contributed by atoms with Gasteiger partial charge in [0.05, 0.1) is 23.1 Å². The first-order valence-electron chi connectivity index (χ1n) is 29.3. The van der Waals surface area contributed by atoms with Crippen LogP contribution >= 0.6 is 0 Å². The lowest BCUT2D eigenvalue weighted by Gasteiger charge is -2.41. The van der Waals surface area contributed by atoms with Crippen LogP contribution in [0, 0.1) is 20.8 Å². The zero-order valence-electron chi connectivity index (χ0n) is 49.1. The zero-order valence-corrected chi connectivity index (χ0v) is 49.1. The molecule has 420 valence electrons. The van der Waals surface area contributed by atoms with Crippen molar-refractivity contribution in [1.82, 2.24) is 20.9 Å². The fourth-order valence-corrected chi connectivity index (χ4v) is 11.6. The Morgan fingerprint density at radius 2 is 1.11 bits per heavy atom. The van der Waals surface area contributed by atoms with Crippen LogP contribution in [0.25, 0.3) is 38.9 Å². The van der Waals surface area contributed by atoms with Crippen LogP contribution in [0.4, 0.5) is 34.1 Å². The average Bonchev–Trinajstić information content (AvgIpc) is 2.30. The summed E-state index contributed by atoms with van der Waals surface area (Å²) < 4.78 is 2.35. The normalized spacial score (nSPS) is 13.6. The molecule has 4 N–H and O–H groups in total. The zero-order chi connectivity index (χ0) is 57.3. The van der Waals surface area contributed by atoms with Crippen molar-refractivity contribution < 1.29 is 14.2 Å². The number of benzene rings is 7. The van der Waals surface area contributed by atoms with Crippen LogP contribution in [0.1, 0.15) is 95.7 Å². The first-order chi connectivity index (χ1) is 39.8. The molecule has 10 rings (SSSR count). The summed E-state index contributed by atoms with van der Waals surface area (Å²) in [6.07, 6.45) is 12.4. The molecule has 0 radical (unpaired) electrons. The number of amides is 2. The fourth-order valence-electron chi connectivity index (χ4n) is 11.6. The highest BCUT2D eigenvalue weighted by Crippen LogP contribution is 2.46. The highest BCUT2D eigenvalue weighted by Gasteiger charge is 2.35. The maximum absolute atomic E-state index is 13.1. The predicted octanol–water partition coefficient (Wildman–Crippen LogP) is 13.8. The topological polar surface area (TPSA) is 121 Å². The van der Waals surface area contributed by atoms with Crippen LogP contribution in [0.2, 0.25) is 0 Å². The molecule has 7 aromatic carbocycles. The number of aryl methyl sites for hydroxylation is 3. The molecule has 1 unspecified atom stereocenters. The molecule has 12 heteroatoms. The molecule has 0 spiro atoms. The van der Waals surface area contributed by atoms with Crippen LogP contribution in [-0.4, -0.2) is 82.9 Å². The van der Waals surface area contributed by atoms with Gasteiger partial charge in [-0.1, -0.05) is 86.3 Å². The van der Waals surface area contributed by atoms with Crippen LogP contribution in [-0.2, 0) is 0 Å². The number of anilines is 5. The van der Waals surface area contributed by atoms with E-state index in [-0.39, 0.29) is 17.9 Å². The van der Waals surface area contributed by atoms with Gasteiger partial charge in [0.2, 0.25) is 16.7 Å². The molecule has 1 aliphatic carbocycles. The van der Waals surface area contributed by atoms with Crippen LogP contribution in [0.15, 0.2) is 174 Å². The number of carbonyl (C=O) groups is 2. The molecule has 0 saturated heterocycles. The lowest BCUT2D eigenvalue weighted by atomic mass is 9.90. The van der Waals surface area contributed by atoms with Gasteiger partial charge in [0.15, 0.2) is 0 Å². The summed E-state index contributed by atoms with van der Waals surface area (Å²) in [4.78, 5) is 43.3. The second kappa shape index (κ2) is 25.8. The van der Waals surface area contributed by atoms with E-state index >= 15 is 0 Å². The minimum atomic E-state index is -0.0678. The lowest BCUT2D eigenvalue weighted by molar-refractivity contribution is -0.538. The number of para-hydroxylation sites is 2. The van der Waals surface area contributed by atoms with E-state index in [0.29, 0.717) is 24.2 Å². The number of carbonyl (C=O) groups excluding carboxylic acids is 2. The van der Waals surface area contributed by atoms with Crippen molar-refractivity contribution in [1.29, 1.82) is 0 Å². The van der Waals surface area contributed by atoms with Crippen molar-refractivity contribution in [3.05, 3.63) is 197 Å². The molecule has 1 atom stereocenters. The number of fused-ring (bicyclic) bond motifs is 4. The Morgan fingerprint density at radius 1 is 0.561 bits per heavy atom. The van der Waals surface area contributed by atoms with E-state index < -0.39 is 0 Å². The predicted molar refractivity (Wildman–Crippen MR) is 341 cm³/mol. The molecular weight excluding hydrogens is 1010 g/mol. The van der Waals surface area contributed by atoms with E-state index in [9.17, 15) is 9.59 Å². The average molecular weight is 1090 g/mol. The molecule has 8 aromatic rings. The third-order valence-electron chi connectivity index (χ3n) is 16.1. The monoisotopic (exact) mass is 1090 g/mol. The van der Waals surface area contributed by atoms with Gasteiger partial charge in [-0.15, -0.1) is 4.57 Å². The Balaban J connectivity index is 0.621. The Morgan fingerprint density at radius 3 is 1.71 bits per heavy atom. The maximum Gasteiger partial charge on any atom is 0.251 e. The highest BCUT2D eigenvalue weighted by atomic mass is 16.2. The number of hydrogen-bond donors (Lipinski definition) is 4. The van der Waals surface area contributed by atoms with Crippen LogP contribution in [0.5, 0.6) is 0 Å². The smallest absolute Gasteiger partial charge is 0.251 e. The number of nitrogens with zero attached hydrogens (tertiary/aromatic N) is 6. The molecule has 2 heterocycles. The van der Waals surface area contributed by atoms with Crippen molar-refractivity contribution in [3.63, 3.8) is 0 Å². The van der Waals surface area contributed by atoms with Crippen molar-refractivity contribution in [2.45, 2.75) is 85.1 Å². The molecule has 1 aliphatic heterocycles. The fraction of sp³-hybridized carbons (Fsp3) is 0.300. The summed E-state index contributed by atoms with van der Waals surface area (Å²) in [5.41, 5.74) is 22.2. The maximum atomic E-state index is 13.1. The number of aliphatic imine (C=N–C) groups is 1. The van der Waals surface area contributed by atoms with Gasteiger partial charge in [0.1, 0.15) is 11.0 Å². The van der Waals surface area contributed by atoms with E-state index in [0.717, 1.165) is 137 Å². The summed E-state index contributed by atoms with van der Waals surface area (Å²) >= 11 is 0. The highest BCUT2D eigenvalue weighted by molar-refractivity contribution is 6.11. The first kappa shape index (κ1) is 56.5. The molecule has 1 aromatic heterocycles. The minimum absolute atomic E-state index is 0.00772. The third-order valence-corrected chi connectivity index (χ3v) is 16.1. The van der Waals surface area contributed by atoms with Crippen LogP contribution < -0.4 is 40.5 Å². The molecule has 0 fully saturated rings. The molecule has 2 aliphatic rings. The van der Waals surface area contributed by atoms with Gasteiger partial charge in [-0.05, 0) is 160 Å². The molecule has 2 amide bonds. The quantitative estimate of drug-likeness (QED) is 0.0284. The minimum Gasteiger partial charge on any atom is -0.385 e. The third kappa shape index (κ3) is 12.6. The summed E-state index contributed by atoms with van der Waals surface area (Å²) in [6.45, 7) is 11.7. The van der Waals surface area contributed by atoms with Crippen LogP contribution in [0.3, 0.4) is 0 Å². The molecule has 12 nitrogen and oxygen atoms in total. The number of unbranched alkanes of at least 4 members (excludes halogenated alkanes) is 6. The van der Waals surface area contributed by atoms with E-state index in [1.54, 1.807) is 0 Å². The lowest BCUT2D eigenvalue weighted by Crippen LogP contribution is -2.43. The summed E-state index contributed by atoms with van der Waals surface area (Å²) in [7, 11) is 8.36. The Kier molecular flexibility index (Phi) is 17.8. The second-order valence-corrected chi connectivity index (χ2v) is 22.4. The number of rotatable bonds is 23. The Hall–Kier alpha value is -8.77. The first-order valence-corrected chi connectivity index (χ1v) is 29.3. The van der Waals surface area contributed by atoms with Gasteiger partial charge in [-0.25, -0.2) is 9.98 Å². The Bertz CT molecular complexity index is 3680. The number of nitrogens with one attached hydrogen (secondary N) is 4. The van der Waals surface area contributed by atoms with E-state index in [1.165, 1.54) is 33.6 Å². The van der Waals surface area contributed by atoms with Gasteiger partial charge in [0, 0.05) is 118 Å². The standard InChI is InChI=1S/C70H78N10O2/c1-47-43-61-65(45-63(47)77(5)6)79(55-23-15-13-16-24-55)67-49(3)57(35-37-59(67)75-61)71-39-19-9-11-21-41-73-69(81)53-31-27-51(28-32-53)52-29-33-54(34-30-52)70(82)74-42-22-12-10-20-40-72-58-36-38-60-68(50(58)4)80(56-25-17-14-18-26-56)66-46-64(78(7)8)48(2)44-62(66)76-60/h13-18,23-38,43-46,67,71H,9-12,19-22,39-42H2,1-8H3,(H2,73,74,81,82)/p+1. The van der Waals surface area contributed by atoms with Crippen molar-refractivity contribution in [2.24, 2.45) is 4.99 Å². The summed E-state index contributed by atoms with van der Waals surface area (Å²) in [5.74, 6) is -0.134. The van der Waals surface area contributed by atoms with E-state index in [1.807, 2.05) is 48.5 Å². The van der Waals surface area contributed by atoms with Gasteiger partial charge < -0.3 is 36.0 Å². The van der Waals surface area contributed by atoms with Gasteiger partial charge in [0.25, 0.3) is 11.8 Å². The van der Waals surface area contributed by atoms with Gasteiger partial charge in [-0.3, -0.25) is 9.59 Å². The molecule has 82 heavy (non-hydrogen) atoms. The van der Waals surface area contributed by atoms with Crippen molar-refractivity contribution in [3.8, 4) is 16.8 Å². The molecular formula is C70H79N10O2+. The van der Waals surface area contributed by atoms with E-state index in [4.69, 9.17) is 9.98 Å². The number of hydrogen-bond acceptors (Lipinski definition) is 9. The number of aromatic nitrogens is 2. The second-order valence-electron chi connectivity index (χ2n) is 22.4. The molecule has 0 bridgehead atoms. The van der Waals surface area contributed by atoms with Crippen molar-refractivity contribution >= 4 is 73.7 Å². The largest absolute Gasteiger partial charge is 0.385 e. The van der Waals surface area contributed by atoms with Gasteiger partial charge in [-0.2, -0.15) is 0 Å². The van der Waals surface area contributed by atoms with E-state index in [2.05, 4.69) is 206 Å². The SMILES string of the molecule is CC1=C(NCCCCCCNC(=O)c2ccc(-c3ccc(C(=O)NCCCCCCNc4ccc5nc6cc(C)c(N(C)C)cc6[n+](-c6ccccc6)c5c4C)cc3)cc2)C=CC2=Nc3cc(C)c(N(C)C)cc3N(c3ccccc3)C21. The van der Waals surface area contributed by atoms with Gasteiger partial charge >= 0.3 is 0 Å². The number of allylic oxidation sites excluding steroid dienone is 1. The Labute approximate surface area is 484 Å². The molecule has 0 saturated carbocycles. The summed E-state index contributed by atoms with van der Waals surface area (Å²) in [5, 5.41) is 13.7. The summed E-state index contributed by atoms with van der Waals surface area (Å²) in [6, 6.07) is 49.8.